The Kier molecular flexibility index (Phi) is 8.56. The highest BCUT2D eigenvalue weighted by atomic mass is 16.3. The van der Waals surface area contributed by atoms with Crippen LogP contribution in [0.15, 0.2) is 18.2 Å². The van der Waals surface area contributed by atoms with Crippen LogP contribution in [0.1, 0.15) is 70.3 Å². The third-order valence-corrected chi connectivity index (χ3v) is 3.79. The summed E-state index contributed by atoms with van der Waals surface area (Å²) < 4.78 is 0. The molecular weight excluding hydrogens is 264 g/mol. The summed E-state index contributed by atoms with van der Waals surface area (Å²) >= 11 is 0. The highest BCUT2D eigenvalue weighted by Crippen LogP contribution is 2.25. The van der Waals surface area contributed by atoms with Gasteiger partial charge in [0.1, 0.15) is 5.78 Å². The zero-order chi connectivity index (χ0) is 15.5. The summed E-state index contributed by atoms with van der Waals surface area (Å²) in [5.41, 5.74) is 0.887. The van der Waals surface area contributed by atoms with E-state index in [0.717, 1.165) is 18.4 Å². The van der Waals surface area contributed by atoms with Crippen LogP contribution < -0.4 is 0 Å². The molecule has 0 aliphatic heterocycles. The summed E-state index contributed by atoms with van der Waals surface area (Å²) in [5.74, 6) is 0.0521. The standard InChI is InChI=1S/C18H28O3/c1-2-3-4-5-6-7-8-9-16(19)12-10-15-11-13-17(20)18(21)14-15/h11,13-14,20-21H,2-10,12H2,1H3. The molecule has 118 valence electrons. The molecule has 0 bridgehead atoms. The zero-order valence-corrected chi connectivity index (χ0v) is 13.1. The molecule has 0 saturated heterocycles. The molecule has 0 radical (unpaired) electrons. The summed E-state index contributed by atoms with van der Waals surface area (Å²) in [6, 6.07) is 4.73. The van der Waals surface area contributed by atoms with E-state index in [9.17, 15) is 15.0 Å². The van der Waals surface area contributed by atoms with Crippen molar-refractivity contribution < 1.29 is 15.0 Å². The quantitative estimate of drug-likeness (QED) is 0.457. The average molecular weight is 292 g/mol. The van der Waals surface area contributed by atoms with E-state index in [4.69, 9.17) is 0 Å². The second kappa shape index (κ2) is 10.3. The van der Waals surface area contributed by atoms with Gasteiger partial charge in [0.05, 0.1) is 0 Å². The number of aromatic hydroxyl groups is 2. The summed E-state index contributed by atoms with van der Waals surface area (Å²) in [6.07, 6.45) is 10.4. The lowest BCUT2D eigenvalue weighted by molar-refractivity contribution is -0.119. The zero-order valence-electron chi connectivity index (χ0n) is 13.1. The number of unbranched alkanes of at least 4 members (excludes halogenated alkanes) is 6. The Morgan fingerprint density at radius 3 is 2.24 bits per heavy atom. The largest absolute Gasteiger partial charge is 0.504 e. The third kappa shape index (κ3) is 7.74. The van der Waals surface area contributed by atoms with Gasteiger partial charge >= 0.3 is 0 Å². The molecule has 1 rings (SSSR count). The van der Waals surface area contributed by atoms with Gasteiger partial charge in [-0.3, -0.25) is 4.79 Å². The predicted octanol–water partition coefficient (Wildman–Crippen LogP) is 4.74. The van der Waals surface area contributed by atoms with E-state index < -0.39 is 0 Å². The molecule has 0 unspecified atom stereocenters. The maximum atomic E-state index is 11.8. The van der Waals surface area contributed by atoms with Crippen LogP contribution in [0.2, 0.25) is 0 Å². The normalized spacial score (nSPS) is 10.7. The van der Waals surface area contributed by atoms with Crippen LogP contribution in [-0.4, -0.2) is 16.0 Å². The summed E-state index contributed by atoms with van der Waals surface area (Å²) in [4.78, 5) is 11.8. The van der Waals surface area contributed by atoms with Crippen molar-refractivity contribution in [3.8, 4) is 11.5 Å². The number of carbonyl (C=O) groups excluding carboxylic acids is 1. The molecule has 3 nitrogen and oxygen atoms in total. The number of phenolic OH excluding ortho intramolecular Hbond substituents is 2. The molecule has 0 atom stereocenters. The van der Waals surface area contributed by atoms with E-state index in [1.165, 1.54) is 44.2 Å². The Hall–Kier alpha value is -1.51. The Labute approximate surface area is 128 Å². The van der Waals surface area contributed by atoms with Crippen molar-refractivity contribution in [1.82, 2.24) is 0 Å². The number of carbonyl (C=O) groups is 1. The fraction of sp³-hybridized carbons (Fsp3) is 0.611. The van der Waals surface area contributed by atoms with E-state index >= 15 is 0 Å². The van der Waals surface area contributed by atoms with Crippen LogP contribution in [0.3, 0.4) is 0 Å². The van der Waals surface area contributed by atoms with Crippen LogP contribution in [-0.2, 0) is 11.2 Å². The fourth-order valence-electron chi connectivity index (χ4n) is 2.41. The molecule has 1 aromatic rings. The van der Waals surface area contributed by atoms with Gasteiger partial charge in [-0.2, -0.15) is 0 Å². The minimum Gasteiger partial charge on any atom is -0.504 e. The van der Waals surface area contributed by atoms with Crippen molar-refractivity contribution in [2.75, 3.05) is 0 Å². The summed E-state index contributed by atoms with van der Waals surface area (Å²) in [5, 5.41) is 18.6. The molecule has 0 aliphatic rings. The van der Waals surface area contributed by atoms with Crippen molar-refractivity contribution in [3.63, 3.8) is 0 Å². The molecule has 0 aromatic heterocycles. The topological polar surface area (TPSA) is 57.5 Å². The highest BCUT2D eigenvalue weighted by Gasteiger charge is 2.05. The number of phenols is 2. The first-order valence-electron chi connectivity index (χ1n) is 8.16. The van der Waals surface area contributed by atoms with Gasteiger partial charge in [-0.15, -0.1) is 0 Å². The Morgan fingerprint density at radius 2 is 1.57 bits per heavy atom. The Morgan fingerprint density at radius 1 is 0.905 bits per heavy atom. The summed E-state index contributed by atoms with van der Waals surface area (Å²) in [7, 11) is 0. The minimum absolute atomic E-state index is 0.117. The second-order valence-electron chi connectivity index (χ2n) is 5.73. The van der Waals surface area contributed by atoms with Crippen molar-refractivity contribution in [1.29, 1.82) is 0 Å². The van der Waals surface area contributed by atoms with Crippen molar-refractivity contribution in [2.24, 2.45) is 0 Å². The van der Waals surface area contributed by atoms with Crippen LogP contribution in [0.5, 0.6) is 11.5 Å². The van der Waals surface area contributed by atoms with Gasteiger partial charge < -0.3 is 10.2 Å². The van der Waals surface area contributed by atoms with Crippen LogP contribution >= 0.6 is 0 Å². The number of rotatable bonds is 11. The molecule has 0 heterocycles. The first-order chi connectivity index (χ1) is 10.1. The van der Waals surface area contributed by atoms with E-state index in [-0.39, 0.29) is 17.3 Å². The molecule has 0 amide bonds. The first-order valence-corrected chi connectivity index (χ1v) is 8.16. The summed E-state index contributed by atoms with van der Waals surface area (Å²) in [6.45, 7) is 2.21. The minimum atomic E-state index is -0.118. The van der Waals surface area contributed by atoms with Gasteiger partial charge in [0.25, 0.3) is 0 Å². The maximum absolute atomic E-state index is 11.8. The molecule has 0 fully saturated rings. The molecule has 0 aliphatic carbocycles. The van der Waals surface area contributed by atoms with E-state index in [0.29, 0.717) is 19.3 Å². The molecule has 0 spiro atoms. The average Bonchev–Trinajstić information content (AvgIpc) is 2.47. The van der Waals surface area contributed by atoms with Crippen LogP contribution in [0.4, 0.5) is 0 Å². The van der Waals surface area contributed by atoms with Gasteiger partial charge in [-0.05, 0) is 30.5 Å². The Bertz CT molecular complexity index is 426. The lowest BCUT2D eigenvalue weighted by Crippen LogP contribution is -2.00. The number of Topliss-reactive ketones (excluding diaryl/α,β-unsaturated/α-hetero) is 1. The van der Waals surface area contributed by atoms with E-state index in [2.05, 4.69) is 6.92 Å². The van der Waals surface area contributed by atoms with Gasteiger partial charge in [0.2, 0.25) is 0 Å². The molecule has 0 saturated carbocycles. The van der Waals surface area contributed by atoms with Gasteiger partial charge in [0.15, 0.2) is 11.5 Å². The van der Waals surface area contributed by atoms with E-state index in [1.54, 1.807) is 6.07 Å². The molecule has 1 aromatic carbocycles. The number of ketones is 1. The Balaban J connectivity index is 2.09. The van der Waals surface area contributed by atoms with Crippen molar-refractivity contribution in [2.45, 2.75) is 71.1 Å². The number of benzene rings is 1. The molecule has 2 N–H and O–H groups in total. The van der Waals surface area contributed by atoms with Crippen molar-refractivity contribution >= 4 is 5.78 Å². The smallest absolute Gasteiger partial charge is 0.157 e. The van der Waals surface area contributed by atoms with Crippen LogP contribution in [0.25, 0.3) is 0 Å². The molecule has 21 heavy (non-hydrogen) atoms. The van der Waals surface area contributed by atoms with Gasteiger partial charge in [-0.1, -0.05) is 51.5 Å². The second-order valence-corrected chi connectivity index (χ2v) is 5.73. The SMILES string of the molecule is CCCCCCCCCC(=O)CCc1ccc(O)c(O)c1. The maximum Gasteiger partial charge on any atom is 0.157 e. The van der Waals surface area contributed by atoms with E-state index in [1.807, 2.05) is 0 Å². The van der Waals surface area contributed by atoms with Gasteiger partial charge in [0, 0.05) is 12.8 Å². The number of aryl methyl sites for hydroxylation is 1. The van der Waals surface area contributed by atoms with Crippen LogP contribution in [0, 0.1) is 0 Å². The lowest BCUT2D eigenvalue weighted by atomic mass is 10.0. The molecule has 3 heteroatoms. The lowest BCUT2D eigenvalue weighted by Gasteiger charge is -2.04. The first kappa shape index (κ1) is 17.5. The van der Waals surface area contributed by atoms with Gasteiger partial charge in [-0.25, -0.2) is 0 Å². The van der Waals surface area contributed by atoms with Crippen molar-refractivity contribution in [3.05, 3.63) is 23.8 Å². The fourth-order valence-corrected chi connectivity index (χ4v) is 2.41. The monoisotopic (exact) mass is 292 g/mol. The highest BCUT2D eigenvalue weighted by molar-refractivity contribution is 5.78. The number of hydrogen-bond acceptors (Lipinski definition) is 3. The third-order valence-electron chi connectivity index (χ3n) is 3.79. The molecular formula is C18H28O3. The number of hydrogen-bond donors (Lipinski definition) is 2. The predicted molar refractivity (Wildman–Crippen MR) is 85.7 cm³/mol.